The largest absolute Gasteiger partial charge is 0.465 e. The van der Waals surface area contributed by atoms with E-state index in [-0.39, 0.29) is 6.23 Å². The molecule has 2 heterocycles. The lowest BCUT2D eigenvalue weighted by Gasteiger charge is -2.30. The van der Waals surface area contributed by atoms with Crippen LogP contribution in [0.4, 0.5) is 5.69 Å². The van der Waals surface area contributed by atoms with Gasteiger partial charge in [0.15, 0.2) is 0 Å². The Kier molecular flexibility index (Phi) is 10.1. The molecule has 8 aromatic rings. The summed E-state index contributed by atoms with van der Waals surface area (Å²) in [4.78, 5) is 5.22. The summed E-state index contributed by atoms with van der Waals surface area (Å²) in [7, 11) is 0.583. The number of fused-ring (bicyclic) bond motifs is 5. The predicted molar refractivity (Wildman–Crippen MR) is 225 cm³/mol. The van der Waals surface area contributed by atoms with Crippen molar-refractivity contribution in [2.45, 2.75) is 25.7 Å². The van der Waals surface area contributed by atoms with Crippen LogP contribution in [-0.2, 0) is 0 Å². The number of benzene rings is 7. The quantitative estimate of drug-likeness (QED) is 0.114. The van der Waals surface area contributed by atoms with Crippen LogP contribution >= 0.6 is 8.58 Å². The average Bonchev–Trinajstić information content (AvgIpc) is 3.63. The van der Waals surface area contributed by atoms with Crippen LogP contribution in [0.2, 0.25) is 0 Å². The van der Waals surface area contributed by atoms with Crippen molar-refractivity contribution in [3.8, 4) is 17.0 Å². The lowest BCUT2D eigenvalue weighted by Crippen LogP contribution is -2.22. The Morgan fingerprint density at radius 3 is 1.72 bits per heavy atom. The van der Waals surface area contributed by atoms with Gasteiger partial charge in [-0.1, -0.05) is 180 Å². The zero-order valence-electron chi connectivity index (χ0n) is 29.9. The maximum Gasteiger partial charge on any atom is 0.203 e. The molecule has 0 saturated heterocycles. The van der Waals surface area contributed by atoms with Gasteiger partial charge in [0, 0.05) is 39.4 Å². The second-order valence-electron chi connectivity index (χ2n) is 12.8. The maximum atomic E-state index is 6.95. The Labute approximate surface area is 314 Å². The minimum absolute atomic E-state index is 0.291. The number of nitrogens with zero attached hydrogens (tertiary/aromatic N) is 2. The summed E-state index contributed by atoms with van der Waals surface area (Å²) in [6, 6.07) is 68.7. The van der Waals surface area contributed by atoms with Gasteiger partial charge in [0.25, 0.3) is 0 Å². The third-order valence-electron chi connectivity index (χ3n) is 9.55. The van der Waals surface area contributed by atoms with Crippen molar-refractivity contribution < 1.29 is 4.74 Å². The molecule has 0 amide bonds. The van der Waals surface area contributed by atoms with E-state index in [9.17, 15) is 0 Å². The molecule has 0 fully saturated rings. The molecule has 3 nitrogen and oxygen atoms in total. The highest BCUT2D eigenvalue weighted by atomic mass is 31.1. The summed E-state index contributed by atoms with van der Waals surface area (Å²) in [5.41, 5.74) is 11.4. The minimum Gasteiger partial charge on any atom is -0.465 e. The van der Waals surface area contributed by atoms with Gasteiger partial charge in [-0.05, 0) is 46.8 Å². The van der Waals surface area contributed by atoms with E-state index in [1.165, 1.54) is 21.8 Å². The van der Waals surface area contributed by atoms with Gasteiger partial charge in [0.1, 0.15) is 5.75 Å². The van der Waals surface area contributed by atoms with Crippen LogP contribution in [-0.4, -0.2) is 10.3 Å². The van der Waals surface area contributed by atoms with Crippen LogP contribution in [0.15, 0.2) is 199 Å². The van der Waals surface area contributed by atoms with Crippen molar-refractivity contribution >= 4 is 36.2 Å². The molecule has 4 heteroatoms. The summed E-state index contributed by atoms with van der Waals surface area (Å²) >= 11 is 0. The molecule has 7 aromatic carbocycles. The molecule has 0 N–H and O–H groups in total. The summed E-state index contributed by atoms with van der Waals surface area (Å²) in [5.74, 6) is 0.830. The van der Waals surface area contributed by atoms with Crippen LogP contribution in [0.1, 0.15) is 53.6 Å². The monoisotopic (exact) mass is 704 g/mol. The molecule has 53 heavy (non-hydrogen) atoms. The van der Waals surface area contributed by atoms with Gasteiger partial charge in [-0.2, -0.15) is 0 Å². The first-order valence-corrected chi connectivity index (χ1v) is 19.4. The van der Waals surface area contributed by atoms with Crippen LogP contribution < -0.4 is 10.0 Å². The Morgan fingerprint density at radius 1 is 0.585 bits per heavy atom. The van der Waals surface area contributed by atoms with Crippen molar-refractivity contribution in [1.82, 2.24) is 4.57 Å². The molecule has 1 aliphatic rings. The molecule has 1 aromatic heterocycles. The standard InChI is InChI=1S/C47H35N2OP.C2H6/c1-6-16-33(17-7-1)45(34-18-8-2-9-19-34)48-39-26-28-41-43-31-38-30-40(51-46(35-20-10-3-11-21-35)36-22-12-4-13-23-36)27-29-42(38)49(43)47(50-44(41)32-39)37-24-14-5-15-25-37;1-2/h1-32,46-47,51H;1-2H3. The first-order valence-electron chi connectivity index (χ1n) is 18.4. The maximum absolute atomic E-state index is 6.95. The number of hydrogen-bond donors (Lipinski definition) is 0. The van der Waals surface area contributed by atoms with E-state index >= 15 is 0 Å². The fourth-order valence-corrected chi connectivity index (χ4v) is 8.59. The third-order valence-corrected chi connectivity index (χ3v) is 11.1. The predicted octanol–water partition coefficient (Wildman–Crippen LogP) is 12.5. The zero-order chi connectivity index (χ0) is 36.0. The Morgan fingerprint density at radius 2 is 1.13 bits per heavy atom. The van der Waals surface area contributed by atoms with Gasteiger partial charge < -0.3 is 9.30 Å². The SMILES string of the molecule is CC.c1ccc(C(=Nc2ccc3c(c2)OC(c2ccccc2)n2c-3cc3cc(PC(c4ccccc4)c4ccccc4)ccc32)c2ccccc2)cc1. The van der Waals surface area contributed by atoms with Crippen molar-refractivity contribution in [2.75, 3.05) is 0 Å². The second-order valence-corrected chi connectivity index (χ2v) is 14.3. The molecule has 2 unspecified atom stereocenters. The summed E-state index contributed by atoms with van der Waals surface area (Å²) in [6.45, 7) is 4.00. The number of aliphatic imine (C=N–C) groups is 1. The van der Waals surface area contributed by atoms with E-state index < -0.39 is 0 Å². The Hall–Kier alpha value is -6.02. The normalized spacial score (nSPS) is 13.2. The molecule has 2 atom stereocenters. The first kappa shape index (κ1) is 34.1. The van der Waals surface area contributed by atoms with Crippen molar-refractivity contribution in [2.24, 2.45) is 4.99 Å². The average molecular weight is 705 g/mol. The molecule has 0 spiro atoms. The van der Waals surface area contributed by atoms with Crippen LogP contribution in [0.25, 0.3) is 22.2 Å². The van der Waals surface area contributed by atoms with E-state index in [4.69, 9.17) is 9.73 Å². The fourth-order valence-electron chi connectivity index (χ4n) is 7.12. The van der Waals surface area contributed by atoms with Crippen molar-refractivity contribution in [1.29, 1.82) is 0 Å². The van der Waals surface area contributed by atoms with Gasteiger partial charge in [0.2, 0.25) is 6.23 Å². The molecule has 0 saturated carbocycles. The smallest absolute Gasteiger partial charge is 0.203 e. The third kappa shape index (κ3) is 7.09. The first-order chi connectivity index (χ1) is 26.3. The van der Waals surface area contributed by atoms with Crippen molar-refractivity contribution in [3.63, 3.8) is 0 Å². The van der Waals surface area contributed by atoms with Crippen LogP contribution in [0.3, 0.4) is 0 Å². The molecule has 0 aliphatic carbocycles. The number of hydrogen-bond acceptors (Lipinski definition) is 2. The number of ether oxygens (including phenoxy) is 1. The van der Waals surface area contributed by atoms with E-state index in [0.717, 1.165) is 50.6 Å². The van der Waals surface area contributed by atoms with Gasteiger partial charge in [-0.25, -0.2) is 4.99 Å². The number of aromatic nitrogens is 1. The molecule has 9 rings (SSSR count). The molecular formula is C49H41N2OP. The topological polar surface area (TPSA) is 26.5 Å². The zero-order valence-corrected chi connectivity index (χ0v) is 30.9. The second kappa shape index (κ2) is 15.7. The lowest BCUT2D eigenvalue weighted by atomic mass is 10.0. The van der Waals surface area contributed by atoms with Crippen molar-refractivity contribution in [3.05, 3.63) is 222 Å². The van der Waals surface area contributed by atoms with Crippen LogP contribution in [0.5, 0.6) is 5.75 Å². The molecule has 0 radical (unpaired) electrons. The molecule has 0 bridgehead atoms. The summed E-state index contributed by atoms with van der Waals surface area (Å²) in [6.07, 6.45) is -0.317. The van der Waals surface area contributed by atoms with Crippen LogP contribution in [0, 0.1) is 0 Å². The van der Waals surface area contributed by atoms with Gasteiger partial charge in [0.05, 0.1) is 22.6 Å². The van der Waals surface area contributed by atoms with Gasteiger partial charge in [-0.15, -0.1) is 0 Å². The summed E-state index contributed by atoms with van der Waals surface area (Å²) < 4.78 is 9.31. The highest BCUT2D eigenvalue weighted by Crippen LogP contribution is 2.46. The number of rotatable bonds is 8. The minimum atomic E-state index is -0.317. The van der Waals surface area contributed by atoms with E-state index in [2.05, 4.69) is 187 Å². The molecular weight excluding hydrogens is 664 g/mol. The van der Waals surface area contributed by atoms with Gasteiger partial charge in [-0.3, -0.25) is 0 Å². The van der Waals surface area contributed by atoms with E-state index in [1.807, 2.05) is 26.0 Å². The Bertz CT molecular complexity index is 2380. The van der Waals surface area contributed by atoms with E-state index in [1.54, 1.807) is 0 Å². The highest BCUT2D eigenvalue weighted by molar-refractivity contribution is 7.48. The molecule has 258 valence electrons. The van der Waals surface area contributed by atoms with E-state index in [0.29, 0.717) is 14.2 Å². The highest BCUT2D eigenvalue weighted by Gasteiger charge is 2.29. The fraction of sp³-hybridized carbons (Fsp3) is 0.0816. The molecule has 1 aliphatic heterocycles. The van der Waals surface area contributed by atoms with Gasteiger partial charge >= 0.3 is 0 Å². The lowest BCUT2D eigenvalue weighted by molar-refractivity contribution is 0.173. The summed E-state index contributed by atoms with van der Waals surface area (Å²) in [5, 5.41) is 2.55. The Balaban J connectivity index is 0.00000197.